The van der Waals surface area contributed by atoms with Crippen molar-refractivity contribution < 1.29 is 4.74 Å². The zero-order valence-electron chi connectivity index (χ0n) is 11.5. The minimum atomic E-state index is 0.648. The molecule has 2 aromatic heterocycles. The number of aromatic nitrogens is 3. The molecular formula is C14H14ClN3OS2. The second-order valence-electron chi connectivity index (χ2n) is 4.42. The second kappa shape index (κ2) is 6.79. The standard InChI is InChI=1S/C14H14ClN3OS2/c1-19-7-6-18-9-16-17-14(18)20-8-12-13(15)10-4-2-3-5-11(10)21-12/h2-5,9H,6-8H2,1H3. The molecule has 110 valence electrons. The first kappa shape index (κ1) is 14.8. The molecule has 21 heavy (non-hydrogen) atoms. The first-order valence-corrected chi connectivity index (χ1v) is 8.63. The van der Waals surface area contributed by atoms with Crippen molar-refractivity contribution in [1.82, 2.24) is 14.8 Å². The summed E-state index contributed by atoms with van der Waals surface area (Å²) in [7, 11) is 1.69. The van der Waals surface area contributed by atoms with E-state index in [4.69, 9.17) is 16.3 Å². The summed E-state index contributed by atoms with van der Waals surface area (Å²) < 4.78 is 8.30. The smallest absolute Gasteiger partial charge is 0.191 e. The monoisotopic (exact) mass is 339 g/mol. The summed E-state index contributed by atoms with van der Waals surface area (Å²) >= 11 is 9.84. The molecule has 0 atom stereocenters. The first-order chi connectivity index (χ1) is 10.3. The number of nitrogens with zero attached hydrogens (tertiary/aromatic N) is 3. The van der Waals surface area contributed by atoms with Gasteiger partial charge in [-0.1, -0.05) is 41.6 Å². The quantitative estimate of drug-likeness (QED) is 0.634. The minimum absolute atomic E-state index is 0.648. The van der Waals surface area contributed by atoms with Crippen LogP contribution in [-0.4, -0.2) is 28.5 Å². The van der Waals surface area contributed by atoms with Gasteiger partial charge in [0.2, 0.25) is 0 Å². The van der Waals surface area contributed by atoms with Gasteiger partial charge in [-0.3, -0.25) is 0 Å². The lowest BCUT2D eigenvalue weighted by molar-refractivity contribution is 0.184. The number of thioether (sulfide) groups is 1. The van der Waals surface area contributed by atoms with E-state index in [0.29, 0.717) is 6.61 Å². The Morgan fingerprint density at radius 2 is 2.24 bits per heavy atom. The van der Waals surface area contributed by atoms with Crippen molar-refractivity contribution >= 4 is 44.8 Å². The van der Waals surface area contributed by atoms with E-state index in [1.54, 1.807) is 36.5 Å². The lowest BCUT2D eigenvalue weighted by Gasteiger charge is -2.04. The average Bonchev–Trinajstić information content (AvgIpc) is 3.08. The Hall–Kier alpha value is -1.08. The molecule has 0 bridgehead atoms. The van der Waals surface area contributed by atoms with E-state index in [1.807, 2.05) is 16.7 Å². The van der Waals surface area contributed by atoms with E-state index in [0.717, 1.165) is 27.9 Å². The highest BCUT2D eigenvalue weighted by atomic mass is 35.5. The van der Waals surface area contributed by atoms with E-state index < -0.39 is 0 Å². The molecule has 2 heterocycles. The van der Waals surface area contributed by atoms with Crippen molar-refractivity contribution in [1.29, 1.82) is 0 Å². The Bertz CT molecular complexity index is 741. The Balaban J connectivity index is 1.74. The average molecular weight is 340 g/mol. The number of halogens is 1. The maximum atomic E-state index is 6.45. The molecule has 0 saturated carbocycles. The predicted molar refractivity (Wildman–Crippen MR) is 88.3 cm³/mol. The lowest BCUT2D eigenvalue weighted by atomic mass is 10.2. The molecule has 0 unspecified atom stereocenters. The fraction of sp³-hybridized carbons (Fsp3) is 0.286. The van der Waals surface area contributed by atoms with Crippen LogP contribution in [0.4, 0.5) is 0 Å². The van der Waals surface area contributed by atoms with Crippen molar-refractivity contribution in [2.24, 2.45) is 0 Å². The number of rotatable bonds is 6. The Labute approximate surface area is 136 Å². The Kier molecular flexibility index (Phi) is 4.80. The van der Waals surface area contributed by atoms with Crippen LogP contribution in [0.5, 0.6) is 0 Å². The van der Waals surface area contributed by atoms with Crippen LogP contribution in [0.1, 0.15) is 4.88 Å². The summed E-state index contributed by atoms with van der Waals surface area (Å²) in [5, 5.41) is 11.0. The third-order valence-corrected chi connectivity index (χ3v) is 5.95. The number of methoxy groups -OCH3 is 1. The van der Waals surface area contributed by atoms with Crippen molar-refractivity contribution in [3.05, 3.63) is 40.5 Å². The number of hydrogen-bond donors (Lipinski definition) is 0. The van der Waals surface area contributed by atoms with Crippen molar-refractivity contribution in [3.63, 3.8) is 0 Å². The molecule has 0 N–H and O–H groups in total. The number of ether oxygens (including phenoxy) is 1. The molecule has 4 nitrogen and oxygen atoms in total. The van der Waals surface area contributed by atoms with Crippen LogP contribution in [0.3, 0.4) is 0 Å². The zero-order valence-corrected chi connectivity index (χ0v) is 13.8. The van der Waals surface area contributed by atoms with Crippen molar-refractivity contribution in [3.8, 4) is 0 Å². The Morgan fingerprint density at radius 3 is 3.05 bits per heavy atom. The van der Waals surface area contributed by atoms with Crippen LogP contribution in [0.25, 0.3) is 10.1 Å². The summed E-state index contributed by atoms with van der Waals surface area (Å²) in [5.41, 5.74) is 0. The lowest BCUT2D eigenvalue weighted by Crippen LogP contribution is -2.04. The van der Waals surface area contributed by atoms with Crippen LogP contribution in [-0.2, 0) is 17.0 Å². The topological polar surface area (TPSA) is 39.9 Å². The molecule has 0 radical (unpaired) electrons. The van der Waals surface area contributed by atoms with Crippen molar-refractivity contribution in [2.45, 2.75) is 17.5 Å². The van der Waals surface area contributed by atoms with Crippen LogP contribution >= 0.6 is 34.7 Å². The molecule has 3 rings (SSSR count). The third kappa shape index (κ3) is 3.23. The first-order valence-electron chi connectivity index (χ1n) is 6.45. The molecule has 0 amide bonds. The van der Waals surface area contributed by atoms with Gasteiger partial charge in [0.1, 0.15) is 6.33 Å². The van der Waals surface area contributed by atoms with E-state index in [9.17, 15) is 0 Å². The van der Waals surface area contributed by atoms with Gasteiger partial charge in [0.15, 0.2) is 5.16 Å². The maximum Gasteiger partial charge on any atom is 0.191 e. The molecule has 1 aromatic carbocycles. The number of fused-ring (bicyclic) bond motifs is 1. The summed E-state index contributed by atoms with van der Waals surface area (Å²) in [5.74, 6) is 0.795. The van der Waals surface area contributed by atoms with E-state index in [-0.39, 0.29) is 0 Å². The Morgan fingerprint density at radius 1 is 1.38 bits per heavy atom. The van der Waals surface area contributed by atoms with E-state index in [1.165, 1.54) is 9.58 Å². The fourth-order valence-electron chi connectivity index (χ4n) is 1.99. The molecule has 0 aliphatic carbocycles. The minimum Gasteiger partial charge on any atom is -0.383 e. The van der Waals surface area contributed by atoms with Gasteiger partial charge in [-0.05, 0) is 6.07 Å². The van der Waals surface area contributed by atoms with Gasteiger partial charge in [0.25, 0.3) is 0 Å². The molecule has 0 aliphatic heterocycles. The van der Waals surface area contributed by atoms with Gasteiger partial charge < -0.3 is 9.30 Å². The highest BCUT2D eigenvalue weighted by molar-refractivity contribution is 7.98. The van der Waals surface area contributed by atoms with Gasteiger partial charge in [-0.25, -0.2) is 0 Å². The van der Waals surface area contributed by atoms with Gasteiger partial charge in [0.05, 0.1) is 11.6 Å². The van der Waals surface area contributed by atoms with Crippen molar-refractivity contribution in [2.75, 3.05) is 13.7 Å². The normalized spacial score (nSPS) is 11.3. The van der Waals surface area contributed by atoms with Crippen LogP contribution in [0.2, 0.25) is 5.02 Å². The van der Waals surface area contributed by atoms with Gasteiger partial charge in [-0.2, -0.15) is 0 Å². The molecule has 3 aromatic rings. The SMILES string of the molecule is COCCn1cnnc1SCc1sc2ccccc2c1Cl. The highest BCUT2D eigenvalue weighted by Gasteiger charge is 2.12. The van der Waals surface area contributed by atoms with Crippen LogP contribution in [0, 0.1) is 0 Å². The van der Waals surface area contributed by atoms with Gasteiger partial charge >= 0.3 is 0 Å². The maximum absolute atomic E-state index is 6.45. The van der Waals surface area contributed by atoms with E-state index >= 15 is 0 Å². The molecular weight excluding hydrogens is 326 g/mol. The third-order valence-electron chi connectivity index (χ3n) is 3.05. The zero-order chi connectivity index (χ0) is 14.7. The molecule has 0 saturated heterocycles. The molecule has 0 spiro atoms. The van der Waals surface area contributed by atoms with Gasteiger partial charge in [-0.15, -0.1) is 21.5 Å². The predicted octanol–water partition coefficient (Wildman–Crippen LogP) is 4.08. The molecule has 0 aliphatic rings. The highest BCUT2D eigenvalue weighted by Crippen LogP contribution is 2.38. The van der Waals surface area contributed by atoms with E-state index in [2.05, 4.69) is 22.3 Å². The number of hydrogen-bond acceptors (Lipinski definition) is 5. The number of thiophene rings is 1. The molecule has 7 heteroatoms. The largest absolute Gasteiger partial charge is 0.383 e. The van der Waals surface area contributed by atoms with Crippen LogP contribution in [0.15, 0.2) is 35.7 Å². The number of benzene rings is 1. The summed E-state index contributed by atoms with van der Waals surface area (Å²) in [6, 6.07) is 8.21. The molecule has 0 fully saturated rings. The fourth-order valence-corrected chi connectivity index (χ4v) is 4.59. The summed E-state index contributed by atoms with van der Waals surface area (Å²) in [6.45, 7) is 1.40. The van der Waals surface area contributed by atoms with Gasteiger partial charge in [0, 0.05) is 34.4 Å². The summed E-state index contributed by atoms with van der Waals surface area (Å²) in [6.07, 6.45) is 1.73. The van der Waals surface area contributed by atoms with Crippen LogP contribution < -0.4 is 0 Å². The second-order valence-corrected chi connectivity index (χ2v) is 6.88. The summed E-state index contributed by atoms with van der Waals surface area (Å²) in [4.78, 5) is 1.17.